The van der Waals surface area contributed by atoms with Crippen LogP contribution in [0.5, 0.6) is 0 Å². The standard InChI is InChI=1S/C20H21FN4O2/c21-16-5-3-4-15(10-16)11-17-12-23-20(27-17)18-6-1-2-8-25(18)19(26)13-24-9-7-22-14-24/h3-5,7,9-10,12,14,18H,1-2,6,8,11,13H2/t18-/m1/s1. The Labute approximate surface area is 156 Å². The van der Waals surface area contributed by atoms with E-state index in [1.165, 1.54) is 12.1 Å². The van der Waals surface area contributed by atoms with Gasteiger partial charge in [-0.2, -0.15) is 0 Å². The first-order valence-corrected chi connectivity index (χ1v) is 9.13. The highest BCUT2D eigenvalue weighted by Crippen LogP contribution is 2.31. The number of benzene rings is 1. The maximum Gasteiger partial charge on any atom is 0.243 e. The van der Waals surface area contributed by atoms with E-state index < -0.39 is 0 Å². The summed E-state index contributed by atoms with van der Waals surface area (Å²) < 4.78 is 21.1. The van der Waals surface area contributed by atoms with Crippen molar-refractivity contribution in [2.45, 2.75) is 38.3 Å². The number of nitrogens with zero attached hydrogens (tertiary/aromatic N) is 4. The Morgan fingerprint density at radius 1 is 1.33 bits per heavy atom. The molecule has 1 aromatic carbocycles. The Kier molecular flexibility index (Phi) is 5.00. The van der Waals surface area contributed by atoms with Gasteiger partial charge in [-0.25, -0.2) is 14.4 Å². The summed E-state index contributed by atoms with van der Waals surface area (Å²) >= 11 is 0. The third kappa shape index (κ3) is 4.07. The SMILES string of the molecule is O=C(Cn1ccnc1)N1CCCC[C@@H]1c1ncc(Cc2cccc(F)c2)o1. The monoisotopic (exact) mass is 368 g/mol. The second-order valence-electron chi connectivity index (χ2n) is 6.81. The average Bonchev–Trinajstić information content (AvgIpc) is 3.34. The van der Waals surface area contributed by atoms with Crippen LogP contribution in [0.2, 0.25) is 0 Å². The molecule has 6 nitrogen and oxygen atoms in total. The van der Waals surface area contributed by atoms with E-state index in [4.69, 9.17) is 4.42 Å². The lowest BCUT2D eigenvalue weighted by Gasteiger charge is -2.33. The predicted molar refractivity (Wildman–Crippen MR) is 96.2 cm³/mol. The van der Waals surface area contributed by atoms with Gasteiger partial charge in [0, 0.05) is 25.4 Å². The minimum absolute atomic E-state index is 0.0302. The normalized spacial score (nSPS) is 17.2. The van der Waals surface area contributed by atoms with E-state index >= 15 is 0 Å². The third-order valence-electron chi connectivity index (χ3n) is 4.82. The van der Waals surface area contributed by atoms with Gasteiger partial charge in [-0.05, 0) is 37.0 Å². The van der Waals surface area contributed by atoms with Crippen molar-refractivity contribution in [3.05, 3.63) is 72.2 Å². The number of amides is 1. The van der Waals surface area contributed by atoms with Crippen LogP contribution in [0.1, 0.15) is 42.5 Å². The largest absolute Gasteiger partial charge is 0.443 e. The lowest BCUT2D eigenvalue weighted by Crippen LogP contribution is -2.40. The van der Waals surface area contributed by atoms with Crippen LogP contribution < -0.4 is 0 Å². The Morgan fingerprint density at radius 3 is 3.07 bits per heavy atom. The molecule has 0 aliphatic carbocycles. The van der Waals surface area contributed by atoms with E-state index in [9.17, 15) is 9.18 Å². The molecule has 2 aromatic heterocycles. The second kappa shape index (κ2) is 7.73. The van der Waals surface area contributed by atoms with Crippen LogP contribution in [0, 0.1) is 5.82 Å². The number of hydrogen-bond acceptors (Lipinski definition) is 4. The molecule has 0 radical (unpaired) electrons. The molecule has 3 aromatic rings. The first kappa shape index (κ1) is 17.5. The number of imidazole rings is 1. The van der Waals surface area contributed by atoms with Crippen LogP contribution in [-0.4, -0.2) is 31.9 Å². The van der Waals surface area contributed by atoms with Gasteiger partial charge in [0.05, 0.1) is 12.5 Å². The number of carbonyl (C=O) groups excluding carboxylic acids is 1. The Hall–Kier alpha value is -2.96. The highest BCUT2D eigenvalue weighted by atomic mass is 19.1. The zero-order chi connectivity index (χ0) is 18.6. The highest BCUT2D eigenvalue weighted by molar-refractivity contribution is 5.76. The number of oxazole rings is 1. The van der Waals surface area contributed by atoms with E-state index in [-0.39, 0.29) is 24.3 Å². The molecule has 4 rings (SSSR count). The lowest BCUT2D eigenvalue weighted by atomic mass is 10.0. The molecule has 0 saturated carbocycles. The van der Waals surface area contributed by atoms with Crippen molar-refractivity contribution in [1.29, 1.82) is 0 Å². The molecular formula is C20H21FN4O2. The minimum atomic E-state index is -0.268. The molecule has 1 atom stereocenters. The number of piperidine rings is 1. The van der Waals surface area contributed by atoms with Crippen molar-refractivity contribution in [1.82, 2.24) is 19.4 Å². The van der Waals surface area contributed by atoms with Gasteiger partial charge in [-0.1, -0.05) is 12.1 Å². The van der Waals surface area contributed by atoms with Crippen LogP contribution in [0.25, 0.3) is 0 Å². The molecule has 27 heavy (non-hydrogen) atoms. The molecule has 140 valence electrons. The summed E-state index contributed by atoms with van der Waals surface area (Å²) in [5, 5.41) is 0. The van der Waals surface area contributed by atoms with E-state index in [1.54, 1.807) is 35.6 Å². The molecule has 1 saturated heterocycles. The summed E-state index contributed by atoms with van der Waals surface area (Å²) in [7, 11) is 0. The zero-order valence-electron chi connectivity index (χ0n) is 14.9. The molecule has 1 amide bonds. The van der Waals surface area contributed by atoms with Crippen molar-refractivity contribution in [3.63, 3.8) is 0 Å². The molecule has 0 spiro atoms. The second-order valence-corrected chi connectivity index (χ2v) is 6.81. The maximum atomic E-state index is 13.4. The van der Waals surface area contributed by atoms with Crippen LogP contribution in [-0.2, 0) is 17.8 Å². The quantitative estimate of drug-likeness (QED) is 0.693. The predicted octanol–water partition coefficient (Wildman–Crippen LogP) is 3.35. The molecule has 1 fully saturated rings. The first-order valence-electron chi connectivity index (χ1n) is 9.13. The van der Waals surface area contributed by atoms with Crippen molar-refractivity contribution in [3.8, 4) is 0 Å². The number of carbonyl (C=O) groups is 1. The number of halogens is 1. The van der Waals surface area contributed by atoms with E-state index in [0.717, 1.165) is 24.8 Å². The van der Waals surface area contributed by atoms with Gasteiger partial charge in [0.25, 0.3) is 0 Å². The summed E-state index contributed by atoms with van der Waals surface area (Å²) in [6.45, 7) is 0.952. The molecule has 1 aliphatic rings. The van der Waals surface area contributed by atoms with Crippen LogP contribution in [0.15, 0.2) is 53.6 Å². The average molecular weight is 368 g/mol. The van der Waals surface area contributed by atoms with Gasteiger partial charge in [0.1, 0.15) is 24.2 Å². The number of likely N-dealkylation sites (tertiary alicyclic amines) is 1. The van der Waals surface area contributed by atoms with Crippen molar-refractivity contribution in [2.75, 3.05) is 6.54 Å². The summed E-state index contributed by atoms with van der Waals surface area (Å²) in [5.41, 5.74) is 0.828. The zero-order valence-corrected chi connectivity index (χ0v) is 14.9. The summed E-state index contributed by atoms with van der Waals surface area (Å²) in [6.07, 6.45) is 10.1. The van der Waals surface area contributed by atoms with Crippen LogP contribution in [0.3, 0.4) is 0 Å². The fourth-order valence-electron chi connectivity index (χ4n) is 3.52. The number of rotatable bonds is 5. The van der Waals surface area contributed by atoms with Crippen molar-refractivity contribution < 1.29 is 13.6 Å². The van der Waals surface area contributed by atoms with E-state index in [1.807, 2.05) is 11.0 Å². The molecule has 3 heterocycles. The van der Waals surface area contributed by atoms with Crippen molar-refractivity contribution >= 4 is 5.91 Å². The van der Waals surface area contributed by atoms with Crippen LogP contribution in [0.4, 0.5) is 4.39 Å². The molecule has 0 bridgehead atoms. The van der Waals surface area contributed by atoms with E-state index in [0.29, 0.717) is 24.6 Å². The fraction of sp³-hybridized carbons (Fsp3) is 0.350. The van der Waals surface area contributed by atoms with Gasteiger partial charge in [-0.15, -0.1) is 0 Å². The smallest absolute Gasteiger partial charge is 0.243 e. The Balaban J connectivity index is 1.48. The van der Waals surface area contributed by atoms with Gasteiger partial charge >= 0.3 is 0 Å². The molecule has 1 aliphatic heterocycles. The van der Waals surface area contributed by atoms with Gasteiger partial charge < -0.3 is 13.9 Å². The van der Waals surface area contributed by atoms with Gasteiger partial charge in [0.15, 0.2) is 0 Å². The summed E-state index contributed by atoms with van der Waals surface area (Å²) in [4.78, 5) is 23.0. The van der Waals surface area contributed by atoms with Gasteiger partial charge in [0.2, 0.25) is 11.8 Å². The number of hydrogen-bond donors (Lipinski definition) is 0. The van der Waals surface area contributed by atoms with Crippen molar-refractivity contribution in [2.24, 2.45) is 0 Å². The first-order chi connectivity index (χ1) is 13.2. The molecule has 7 heteroatoms. The highest BCUT2D eigenvalue weighted by Gasteiger charge is 2.31. The topological polar surface area (TPSA) is 64.2 Å². The summed E-state index contributed by atoms with van der Waals surface area (Å²) in [5.74, 6) is 0.988. The Bertz CT molecular complexity index is 906. The third-order valence-corrected chi connectivity index (χ3v) is 4.82. The van der Waals surface area contributed by atoms with Gasteiger partial charge in [-0.3, -0.25) is 4.79 Å². The molecule has 0 unspecified atom stereocenters. The molecule has 0 N–H and O–H groups in total. The van der Waals surface area contributed by atoms with Crippen LogP contribution >= 0.6 is 0 Å². The lowest BCUT2D eigenvalue weighted by molar-refractivity contribution is -0.136. The van der Waals surface area contributed by atoms with E-state index in [2.05, 4.69) is 9.97 Å². The fourth-order valence-corrected chi connectivity index (χ4v) is 3.52. The summed E-state index contributed by atoms with van der Waals surface area (Å²) in [6, 6.07) is 6.29. The number of aromatic nitrogens is 3. The molecular weight excluding hydrogens is 347 g/mol. The minimum Gasteiger partial charge on any atom is -0.443 e. The maximum absolute atomic E-state index is 13.4. The Morgan fingerprint density at radius 2 is 2.26 bits per heavy atom.